The number of halogens is 3. The number of benzene rings is 1. The van der Waals surface area contributed by atoms with Crippen molar-refractivity contribution in [2.24, 2.45) is 0 Å². The molecule has 5 rings (SSSR count). The normalized spacial score (nSPS) is 13.7. The van der Waals surface area contributed by atoms with Gasteiger partial charge in [0, 0.05) is 28.9 Å². The number of fused-ring (bicyclic) bond motifs is 1. The Morgan fingerprint density at radius 1 is 1.27 bits per heavy atom. The van der Waals surface area contributed by atoms with E-state index in [1.807, 2.05) is 0 Å². The van der Waals surface area contributed by atoms with Gasteiger partial charge in [0.2, 0.25) is 5.91 Å². The van der Waals surface area contributed by atoms with Gasteiger partial charge < -0.3 is 5.32 Å². The van der Waals surface area contributed by atoms with Crippen molar-refractivity contribution in [3.05, 3.63) is 71.1 Å². The molecule has 1 fully saturated rings. The molecule has 1 N–H and O–H groups in total. The monoisotopic (exact) mass is 454 g/mol. The van der Waals surface area contributed by atoms with E-state index in [0.29, 0.717) is 28.0 Å². The average molecular weight is 454 g/mol. The van der Waals surface area contributed by atoms with Gasteiger partial charge in [-0.2, -0.15) is 10.2 Å². The number of nitrogens with one attached hydrogen (secondary N) is 1. The molecule has 0 bridgehead atoms. The third kappa shape index (κ3) is 4.33. The van der Waals surface area contributed by atoms with Crippen LogP contribution in [0.2, 0.25) is 0 Å². The average Bonchev–Trinajstić information content (AvgIpc) is 3.47. The number of nitrogens with zero attached hydrogens (tertiary/aromatic N) is 5. The number of aryl methyl sites for hydroxylation is 1. The molecule has 1 aromatic carbocycles. The Morgan fingerprint density at radius 2 is 2.06 bits per heavy atom. The van der Waals surface area contributed by atoms with Crippen LogP contribution in [-0.2, 0) is 17.9 Å². The zero-order chi connectivity index (χ0) is 23.1. The maximum absolute atomic E-state index is 13.9. The molecule has 33 heavy (non-hydrogen) atoms. The lowest BCUT2D eigenvalue weighted by Crippen LogP contribution is -2.19. The van der Waals surface area contributed by atoms with E-state index in [9.17, 15) is 18.0 Å². The molecule has 0 unspecified atom stereocenters. The van der Waals surface area contributed by atoms with Crippen LogP contribution in [0.25, 0.3) is 11.0 Å². The summed E-state index contributed by atoms with van der Waals surface area (Å²) in [4.78, 5) is 17.2. The van der Waals surface area contributed by atoms with Crippen molar-refractivity contribution < 1.29 is 18.0 Å². The lowest BCUT2D eigenvalue weighted by Gasteiger charge is -2.08. The standard InChI is InChI=1S/C23H21F3N6O/c1-13-21-17(22(25)26)8-19(14-6-7-14)29-23(21)32(30-13)12-20(33)28-16-9-27-31(11-16)10-15-4-2-3-5-18(15)24/h2-5,8-9,11,14,22H,6-7,10,12H2,1H3,(H,28,33). The minimum atomic E-state index is -2.65. The number of anilines is 1. The fourth-order valence-corrected chi connectivity index (χ4v) is 3.93. The second kappa shape index (κ2) is 8.34. The van der Waals surface area contributed by atoms with Crippen LogP contribution in [0.15, 0.2) is 42.7 Å². The first-order valence-corrected chi connectivity index (χ1v) is 10.6. The van der Waals surface area contributed by atoms with E-state index >= 15 is 0 Å². The summed E-state index contributed by atoms with van der Waals surface area (Å²) in [7, 11) is 0. The number of hydrogen-bond acceptors (Lipinski definition) is 4. The third-order valence-corrected chi connectivity index (χ3v) is 5.66. The zero-order valence-corrected chi connectivity index (χ0v) is 17.8. The van der Waals surface area contributed by atoms with Gasteiger partial charge in [-0.1, -0.05) is 18.2 Å². The molecule has 0 saturated heterocycles. The summed E-state index contributed by atoms with van der Waals surface area (Å²) in [6.45, 7) is 1.66. The topological polar surface area (TPSA) is 77.6 Å². The molecule has 1 aliphatic carbocycles. The van der Waals surface area contributed by atoms with Crippen molar-refractivity contribution in [2.75, 3.05) is 5.32 Å². The first-order chi connectivity index (χ1) is 15.9. The van der Waals surface area contributed by atoms with Crippen molar-refractivity contribution in [3.63, 3.8) is 0 Å². The second-order valence-corrected chi connectivity index (χ2v) is 8.22. The number of alkyl halides is 2. The number of carbonyl (C=O) groups is 1. The van der Waals surface area contributed by atoms with E-state index in [0.717, 1.165) is 12.8 Å². The summed E-state index contributed by atoms with van der Waals surface area (Å²) in [5, 5.41) is 11.5. The van der Waals surface area contributed by atoms with Gasteiger partial charge in [0.1, 0.15) is 12.4 Å². The Morgan fingerprint density at radius 3 is 2.79 bits per heavy atom. The third-order valence-electron chi connectivity index (χ3n) is 5.66. The molecule has 3 aromatic heterocycles. The highest BCUT2D eigenvalue weighted by atomic mass is 19.3. The van der Waals surface area contributed by atoms with E-state index in [2.05, 4.69) is 20.5 Å². The summed E-state index contributed by atoms with van der Waals surface area (Å²) < 4.78 is 44.1. The van der Waals surface area contributed by atoms with E-state index in [1.165, 1.54) is 27.7 Å². The predicted molar refractivity (Wildman–Crippen MR) is 116 cm³/mol. The highest BCUT2D eigenvalue weighted by Crippen LogP contribution is 2.41. The van der Waals surface area contributed by atoms with Crippen molar-refractivity contribution in [1.29, 1.82) is 0 Å². The van der Waals surface area contributed by atoms with Crippen LogP contribution in [-0.4, -0.2) is 30.5 Å². The van der Waals surface area contributed by atoms with Crippen LogP contribution in [0, 0.1) is 12.7 Å². The number of pyridine rings is 1. The number of hydrogen-bond donors (Lipinski definition) is 1. The smallest absolute Gasteiger partial charge is 0.264 e. The van der Waals surface area contributed by atoms with Gasteiger partial charge in [0.25, 0.3) is 6.43 Å². The van der Waals surface area contributed by atoms with Crippen LogP contribution < -0.4 is 5.32 Å². The minimum absolute atomic E-state index is 0.0968. The summed E-state index contributed by atoms with van der Waals surface area (Å²) in [6, 6.07) is 7.86. The van der Waals surface area contributed by atoms with Gasteiger partial charge in [-0.15, -0.1) is 0 Å². The van der Waals surface area contributed by atoms with Crippen LogP contribution >= 0.6 is 0 Å². The first kappa shape index (κ1) is 21.2. The summed E-state index contributed by atoms with van der Waals surface area (Å²) in [5.41, 5.74) is 2.13. The first-order valence-electron chi connectivity index (χ1n) is 10.6. The largest absolute Gasteiger partial charge is 0.322 e. The van der Waals surface area contributed by atoms with Gasteiger partial charge in [0.15, 0.2) is 5.65 Å². The highest BCUT2D eigenvalue weighted by Gasteiger charge is 2.29. The Balaban J connectivity index is 1.35. The fourth-order valence-electron chi connectivity index (χ4n) is 3.93. The number of aromatic nitrogens is 5. The molecule has 1 amide bonds. The Hall–Kier alpha value is -3.69. The lowest BCUT2D eigenvalue weighted by atomic mass is 10.1. The number of amides is 1. The van der Waals surface area contributed by atoms with Gasteiger partial charge in [-0.05, 0) is 31.9 Å². The molecule has 3 heterocycles. The SMILES string of the molecule is Cc1nn(CC(=O)Nc2cnn(Cc3ccccc3F)c2)c2nc(C3CC3)cc(C(F)F)c12. The number of rotatable bonds is 7. The van der Waals surface area contributed by atoms with Gasteiger partial charge >= 0.3 is 0 Å². The fraction of sp³-hybridized carbons (Fsp3) is 0.304. The van der Waals surface area contributed by atoms with Crippen molar-refractivity contribution in [1.82, 2.24) is 24.5 Å². The van der Waals surface area contributed by atoms with E-state index in [4.69, 9.17) is 0 Å². The van der Waals surface area contributed by atoms with Crippen molar-refractivity contribution >= 4 is 22.6 Å². The molecule has 0 spiro atoms. The molecule has 0 aliphatic heterocycles. The second-order valence-electron chi connectivity index (χ2n) is 8.22. The molecule has 10 heteroatoms. The van der Waals surface area contributed by atoms with Crippen LogP contribution in [0.3, 0.4) is 0 Å². The summed E-state index contributed by atoms with van der Waals surface area (Å²) >= 11 is 0. The quantitative estimate of drug-likeness (QED) is 0.444. The molecule has 170 valence electrons. The van der Waals surface area contributed by atoms with Gasteiger partial charge in [-0.3, -0.25) is 9.48 Å². The molecule has 0 radical (unpaired) electrons. The van der Waals surface area contributed by atoms with Crippen molar-refractivity contribution in [2.45, 2.75) is 45.2 Å². The highest BCUT2D eigenvalue weighted by molar-refractivity contribution is 5.91. The molecular formula is C23H21F3N6O. The van der Waals surface area contributed by atoms with E-state index < -0.39 is 12.3 Å². The summed E-state index contributed by atoms with van der Waals surface area (Å²) in [5.74, 6) is -0.549. The van der Waals surface area contributed by atoms with Crippen molar-refractivity contribution in [3.8, 4) is 0 Å². The number of carbonyl (C=O) groups excluding carboxylic acids is 1. The van der Waals surface area contributed by atoms with E-state index in [1.54, 1.807) is 31.3 Å². The molecule has 4 aromatic rings. The zero-order valence-electron chi connectivity index (χ0n) is 17.8. The minimum Gasteiger partial charge on any atom is -0.322 e. The molecular weight excluding hydrogens is 433 g/mol. The summed E-state index contributed by atoms with van der Waals surface area (Å²) in [6.07, 6.45) is 2.24. The van der Waals surface area contributed by atoms with Crippen LogP contribution in [0.5, 0.6) is 0 Å². The maximum atomic E-state index is 13.9. The van der Waals surface area contributed by atoms with E-state index in [-0.39, 0.29) is 36.0 Å². The Kier molecular flexibility index (Phi) is 5.35. The molecule has 1 aliphatic rings. The predicted octanol–water partition coefficient (Wildman–Crippen LogP) is 4.58. The maximum Gasteiger partial charge on any atom is 0.264 e. The van der Waals surface area contributed by atoms with Crippen LogP contribution in [0.4, 0.5) is 18.9 Å². The Bertz CT molecular complexity index is 1340. The van der Waals surface area contributed by atoms with Gasteiger partial charge in [0.05, 0.1) is 29.5 Å². The van der Waals surface area contributed by atoms with Crippen LogP contribution in [0.1, 0.15) is 47.7 Å². The molecule has 7 nitrogen and oxygen atoms in total. The Labute approximate surface area is 187 Å². The lowest BCUT2D eigenvalue weighted by molar-refractivity contribution is -0.116. The molecule has 1 saturated carbocycles. The van der Waals surface area contributed by atoms with Gasteiger partial charge in [-0.25, -0.2) is 22.8 Å². The molecule has 0 atom stereocenters.